The van der Waals surface area contributed by atoms with Crippen LogP contribution in [-0.4, -0.2) is 11.9 Å². The second kappa shape index (κ2) is 30.2. The first kappa shape index (κ1) is 34.0. The molecule has 0 N–H and O–H groups in total. The summed E-state index contributed by atoms with van der Waals surface area (Å²) in [7, 11) is 0. The second-order valence-electron chi connectivity index (χ2n) is 5.93. The largest absolute Gasteiger partial charge is 1.00 e. The third kappa shape index (κ3) is 39.5. The molecule has 0 radical (unpaired) electrons. The van der Waals surface area contributed by atoms with Crippen LogP contribution in [0.5, 0.6) is 0 Å². The minimum absolute atomic E-state index is 0. The van der Waals surface area contributed by atoms with E-state index in [-0.39, 0.29) is 72.0 Å². The third-order valence-corrected chi connectivity index (χ3v) is 3.58. The summed E-state index contributed by atoms with van der Waals surface area (Å²) < 4.78 is 0. The fraction of sp³-hybridized carbons (Fsp3) is 0.700. The molecule has 140 valence electrons. The Morgan fingerprint density at radius 1 is 0.577 bits per heavy atom. The molecule has 0 aromatic heterocycles. The van der Waals surface area contributed by atoms with Crippen LogP contribution in [0, 0.1) is 0 Å². The molecule has 0 rings (SSSR count). The molecule has 0 heterocycles. The van der Waals surface area contributed by atoms with E-state index in [4.69, 9.17) is 0 Å². The zero-order chi connectivity index (χ0) is 18.5. The first-order valence-electron chi connectivity index (χ1n) is 9.16. The summed E-state index contributed by atoms with van der Waals surface area (Å²) in [6, 6.07) is 0. The predicted molar refractivity (Wildman–Crippen MR) is 95.0 cm³/mol. The van der Waals surface area contributed by atoms with E-state index in [1.807, 2.05) is 12.2 Å². The Labute approximate surface area is 204 Å². The van der Waals surface area contributed by atoms with Gasteiger partial charge in [-0.05, 0) is 51.4 Å². The summed E-state index contributed by atoms with van der Waals surface area (Å²) in [5, 5.41) is 20.0. The number of unbranched alkanes of at least 4 members (excludes halogenated alkanes) is 10. The average molecular weight is 384 g/mol. The van der Waals surface area contributed by atoms with Crippen LogP contribution in [0.1, 0.15) is 89.9 Å². The number of carboxylic acid groups (broad SMARTS) is 2. The number of aliphatic carboxylic acids is 2. The molecule has 0 aliphatic rings. The number of carbonyl (C=O) groups is 2. The molecule has 0 unspecified atom stereocenters. The molecule has 0 amide bonds. The molecule has 0 aromatic carbocycles. The van der Waals surface area contributed by atoms with Gasteiger partial charge in [-0.1, -0.05) is 50.7 Å². The number of allylic oxidation sites excluding steroid dienone is 2. The predicted octanol–water partition coefficient (Wildman–Crippen LogP) is -2.69. The van der Waals surface area contributed by atoms with Crippen LogP contribution in [0.25, 0.3) is 0 Å². The standard InChI is InChI=1S/2C10H18O2.2Na/c2*1-2-3-4-5-6-7-8-9-10(11)12;;/h2*2H,1,3-9H2,(H,11,12);;/q;;2*+1/p-2. The molecule has 0 fully saturated rings. The van der Waals surface area contributed by atoms with Gasteiger partial charge in [0.1, 0.15) is 0 Å². The first-order chi connectivity index (χ1) is 11.5. The van der Waals surface area contributed by atoms with Crippen molar-refractivity contribution in [2.24, 2.45) is 0 Å². The second-order valence-corrected chi connectivity index (χ2v) is 5.93. The topological polar surface area (TPSA) is 80.3 Å². The van der Waals surface area contributed by atoms with Crippen molar-refractivity contribution in [3.63, 3.8) is 0 Å². The normalized spacial score (nSPS) is 8.92. The fourth-order valence-corrected chi connectivity index (χ4v) is 2.18. The van der Waals surface area contributed by atoms with Crippen LogP contribution in [0.3, 0.4) is 0 Å². The molecule has 0 saturated heterocycles. The van der Waals surface area contributed by atoms with Gasteiger partial charge in [0.25, 0.3) is 0 Å². The monoisotopic (exact) mass is 384 g/mol. The van der Waals surface area contributed by atoms with Crippen molar-refractivity contribution in [3.05, 3.63) is 25.3 Å². The number of carbonyl (C=O) groups excluding carboxylic acids is 2. The van der Waals surface area contributed by atoms with Crippen molar-refractivity contribution in [1.29, 1.82) is 0 Å². The van der Waals surface area contributed by atoms with Crippen molar-refractivity contribution in [2.45, 2.75) is 89.9 Å². The summed E-state index contributed by atoms with van der Waals surface area (Å²) >= 11 is 0. The Morgan fingerprint density at radius 2 is 0.846 bits per heavy atom. The minimum atomic E-state index is -0.930. The van der Waals surface area contributed by atoms with Gasteiger partial charge >= 0.3 is 59.1 Å². The van der Waals surface area contributed by atoms with Gasteiger partial charge in [0, 0.05) is 11.9 Å². The summed E-state index contributed by atoms with van der Waals surface area (Å²) in [6.07, 6.45) is 16.9. The van der Waals surface area contributed by atoms with E-state index in [9.17, 15) is 19.8 Å². The van der Waals surface area contributed by atoms with E-state index in [0.29, 0.717) is 0 Å². The summed E-state index contributed by atoms with van der Waals surface area (Å²) in [5.41, 5.74) is 0. The van der Waals surface area contributed by atoms with E-state index in [0.717, 1.165) is 51.4 Å². The maximum atomic E-state index is 10.0. The van der Waals surface area contributed by atoms with Crippen LogP contribution >= 0.6 is 0 Å². The molecule has 26 heavy (non-hydrogen) atoms. The van der Waals surface area contributed by atoms with Gasteiger partial charge in [-0.15, -0.1) is 13.2 Å². The van der Waals surface area contributed by atoms with Gasteiger partial charge < -0.3 is 19.8 Å². The minimum Gasteiger partial charge on any atom is -0.550 e. The number of rotatable bonds is 16. The van der Waals surface area contributed by atoms with Crippen molar-refractivity contribution in [2.75, 3.05) is 0 Å². The summed E-state index contributed by atoms with van der Waals surface area (Å²) in [6.45, 7) is 7.26. The van der Waals surface area contributed by atoms with E-state index >= 15 is 0 Å². The van der Waals surface area contributed by atoms with Crippen LogP contribution in [-0.2, 0) is 9.59 Å². The smallest absolute Gasteiger partial charge is 0.550 e. The average Bonchev–Trinajstić information content (AvgIpc) is 2.53. The number of carboxylic acids is 2. The number of hydrogen-bond donors (Lipinski definition) is 0. The Morgan fingerprint density at radius 3 is 1.12 bits per heavy atom. The van der Waals surface area contributed by atoms with E-state index in [2.05, 4.69) is 13.2 Å². The molecule has 0 bridgehead atoms. The molecule has 6 heteroatoms. The summed E-state index contributed by atoms with van der Waals surface area (Å²) in [4.78, 5) is 20.0. The molecule has 0 spiro atoms. The molecule has 0 aliphatic heterocycles. The van der Waals surface area contributed by atoms with Gasteiger partial charge in [0.2, 0.25) is 0 Å². The molecular weight excluding hydrogens is 350 g/mol. The van der Waals surface area contributed by atoms with Crippen LogP contribution in [0.15, 0.2) is 25.3 Å². The first-order valence-corrected chi connectivity index (χ1v) is 9.16. The van der Waals surface area contributed by atoms with Crippen LogP contribution < -0.4 is 69.3 Å². The Kier molecular flexibility index (Phi) is 39.4. The zero-order valence-electron chi connectivity index (χ0n) is 17.1. The van der Waals surface area contributed by atoms with Crippen molar-refractivity contribution >= 4 is 11.9 Å². The van der Waals surface area contributed by atoms with Crippen LogP contribution in [0.2, 0.25) is 0 Å². The van der Waals surface area contributed by atoms with Crippen LogP contribution in [0.4, 0.5) is 0 Å². The maximum Gasteiger partial charge on any atom is 1.00 e. The van der Waals surface area contributed by atoms with Crippen molar-refractivity contribution in [3.8, 4) is 0 Å². The third-order valence-electron chi connectivity index (χ3n) is 3.58. The fourth-order valence-electron chi connectivity index (χ4n) is 2.18. The molecule has 0 aliphatic carbocycles. The van der Waals surface area contributed by atoms with Gasteiger partial charge in [0.15, 0.2) is 0 Å². The van der Waals surface area contributed by atoms with Crippen molar-refractivity contribution < 1.29 is 78.9 Å². The molecule has 0 saturated carbocycles. The van der Waals surface area contributed by atoms with Crippen molar-refractivity contribution in [1.82, 2.24) is 0 Å². The number of hydrogen-bond acceptors (Lipinski definition) is 4. The van der Waals surface area contributed by atoms with Gasteiger partial charge in [-0.2, -0.15) is 0 Å². The molecule has 0 atom stereocenters. The van der Waals surface area contributed by atoms with E-state index in [1.54, 1.807) is 0 Å². The maximum absolute atomic E-state index is 10.0. The van der Waals surface area contributed by atoms with E-state index in [1.165, 1.54) is 25.7 Å². The van der Waals surface area contributed by atoms with Gasteiger partial charge in [-0.25, -0.2) is 0 Å². The van der Waals surface area contributed by atoms with Gasteiger partial charge in [0.05, 0.1) is 0 Å². The Balaban J connectivity index is -0.000000173. The SMILES string of the molecule is C=CCCCCCCCC(=O)[O-].C=CCCCCCCCC(=O)[O-].[Na+].[Na+]. The Hall–Kier alpha value is 0.420. The molecule has 4 nitrogen and oxygen atoms in total. The summed E-state index contributed by atoms with van der Waals surface area (Å²) in [5.74, 6) is -1.86. The molecular formula is C20H34Na2O4. The Bertz CT molecular complexity index is 302. The van der Waals surface area contributed by atoms with E-state index < -0.39 is 11.9 Å². The van der Waals surface area contributed by atoms with Gasteiger partial charge in [-0.3, -0.25) is 0 Å². The quantitative estimate of drug-likeness (QED) is 0.165. The zero-order valence-corrected chi connectivity index (χ0v) is 21.1. The molecule has 0 aromatic rings.